The number of rotatable bonds is 7. The molecule has 2 saturated heterocycles. The Bertz CT molecular complexity index is 1270. The first-order chi connectivity index (χ1) is 18.3. The summed E-state index contributed by atoms with van der Waals surface area (Å²) >= 11 is 0. The van der Waals surface area contributed by atoms with Gasteiger partial charge < -0.3 is 20.0 Å². The van der Waals surface area contributed by atoms with E-state index in [2.05, 4.69) is 14.5 Å². The standard InChI is InChI=1S/C23H28FN3O4S.C2HF3O2/c24-19-6-8-20(9-7-19)32(30,31)25-21-14-18(23(28)29)5-10-22(21)27-13-3-4-17(16-27)15-26-11-1-2-12-26;3-2(4,5)1(6)7/h5-10,14,17,25H,1-4,11-13,15-16H2,(H,28,29);(H,6,7). The molecule has 0 amide bonds. The van der Waals surface area contributed by atoms with Crippen LogP contribution in [0.5, 0.6) is 0 Å². The molecule has 3 N–H and O–H groups in total. The number of hydrogen-bond acceptors (Lipinski definition) is 6. The number of carboxylic acid groups (broad SMARTS) is 2. The number of aromatic carboxylic acids is 1. The van der Waals surface area contributed by atoms with Crippen molar-refractivity contribution in [2.24, 2.45) is 5.92 Å². The van der Waals surface area contributed by atoms with Crippen LogP contribution in [-0.4, -0.2) is 74.4 Å². The van der Waals surface area contributed by atoms with Crippen LogP contribution in [0, 0.1) is 11.7 Å². The van der Waals surface area contributed by atoms with Crippen LogP contribution in [0.3, 0.4) is 0 Å². The van der Waals surface area contributed by atoms with Crippen LogP contribution in [0.2, 0.25) is 0 Å². The number of benzene rings is 2. The first kappa shape index (κ1) is 30.2. The fourth-order valence-corrected chi connectivity index (χ4v) is 5.67. The Balaban J connectivity index is 0.000000532. The molecule has 2 fully saturated rings. The molecule has 0 aromatic heterocycles. The zero-order chi connectivity index (χ0) is 28.8. The topological polar surface area (TPSA) is 127 Å². The zero-order valence-corrected chi connectivity index (χ0v) is 21.6. The minimum atomic E-state index is -5.08. The molecule has 1 atom stereocenters. The number of sulfonamides is 1. The lowest BCUT2D eigenvalue weighted by Crippen LogP contribution is -2.40. The van der Waals surface area contributed by atoms with Gasteiger partial charge in [0.15, 0.2) is 0 Å². The molecule has 0 radical (unpaired) electrons. The summed E-state index contributed by atoms with van der Waals surface area (Å²) in [5.41, 5.74) is 0.874. The highest BCUT2D eigenvalue weighted by Crippen LogP contribution is 2.33. The Kier molecular flexibility index (Phi) is 9.78. The lowest BCUT2D eigenvalue weighted by atomic mass is 9.96. The summed E-state index contributed by atoms with van der Waals surface area (Å²) in [5, 5.41) is 16.5. The number of nitrogens with zero attached hydrogens (tertiary/aromatic N) is 2. The maximum absolute atomic E-state index is 13.2. The van der Waals surface area contributed by atoms with Crippen molar-refractivity contribution in [1.82, 2.24) is 4.90 Å². The number of likely N-dealkylation sites (tertiary alicyclic amines) is 1. The van der Waals surface area contributed by atoms with Gasteiger partial charge in [-0.05, 0) is 87.2 Å². The number of aliphatic carboxylic acids is 1. The Labute approximate surface area is 223 Å². The van der Waals surface area contributed by atoms with Crippen molar-refractivity contribution in [3.8, 4) is 0 Å². The van der Waals surface area contributed by atoms with Gasteiger partial charge in [0.2, 0.25) is 0 Å². The van der Waals surface area contributed by atoms with Gasteiger partial charge in [0, 0.05) is 19.6 Å². The molecule has 2 aliphatic rings. The predicted octanol–water partition coefficient (Wildman–Crippen LogP) is 4.27. The average molecular weight is 576 g/mol. The summed E-state index contributed by atoms with van der Waals surface area (Å²) in [6, 6.07) is 9.05. The number of carboxylic acids is 2. The summed E-state index contributed by atoms with van der Waals surface area (Å²) in [6.07, 6.45) is -0.495. The van der Waals surface area contributed by atoms with Gasteiger partial charge in [-0.15, -0.1) is 0 Å². The SMILES string of the molecule is O=C(O)C(F)(F)F.O=C(O)c1ccc(N2CCCC(CN3CCCC3)C2)c(NS(=O)(=O)c2ccc(F)cc2)c1. The van der Waals surface area contributed by atoms with Gasteiger partial charge in [0.25, 0.3) is 10.0 Å². The number of hydrogen-bond donors (Lipinski definition) is 3. The molecule has 0 aliphatic carbocycles. The molecule has 2 heterocycles. The molecule has 2 aromatic rings. The minimum Gasteiger partial charge on any atom is -0.478 e. The van der Waals surface area contributed by atoms with Gasteiger partial charge in [-0.3, -0.25) is 4.72 Å². The van der Waals surface area contributed by atoms with E-state index in [0.717, 1.165) is 57.7 Å². The summed E-state index contributed by atoms with van der Waals surface area (Å²) in [6.45, 7) is 4.85. The van der Waals surface area contributed by atoms with Crippen LogP contribution in [0.1, 0.15) is 36.0 Å². The van der Waals surface area contributed by atoms with Crippen LogP contribution < -0.4 is 9.62 Å². The molecular weight excluding hydrogens is 546 g/mol. The van der Waals surface area contributed by atoms with Crippen molar-refractivity contribution in [3.05, 3.63) is 53.8 Å². The molecule has 0 spiro atoms. The van der Waals surface area contributed by atoms with Gasteiger partial charge in [-0.2, -0.15) is 13.2 Å². The molecular formula is C25H29F4N3O6S. The maximum Gasteiger partial charge on any atom is 0.490 e. The molecule has 0 saturated carbocycles. The summed E-state index contributed by atoms with van der Waals surface area (Å²) in [5.74, 6) is -3.95. The van der Waals surface area contributed by atoms with Crippen LogP contribution in [0.4, 0.5) is 28.9 Å². The smallest absolute Gasteiger partial charge is 0.478 e. The van der Waals surface area contributed by atoms with Gasteiger partial charge in [-0.25, -0.2) is 22.4 Å². The van der Waals surface area contributed by atoms with E-state index >= 15 is 0 Å². The molecule has 214 valence electrons. The molecule has 2 aromatic carbocycles. The Morgan fingerprint density at radius 3 is 2.15 bits per heavy atom. The second-order valence-electron chi connectivity index (χ2n) is 9.36. The lowest BCUT2D eigenvalue weighted by molar-refractivity contribution is -0.192. The third-order valence-electron chi connectivity index (χ3n) is 6.43. The molecule has 14 heteroatoms. The summed E-state index contributed by atoms with van der Waals surface area (Å²) < 4.78 is 73.4. The first-order valence-electron chi connectivity index (χ1n) is 12.2. The van der Waals surface area contributed by atoms with Crippen LogP contribution in [0.25, 0.3) is 0 Å². The number of anilines is 2. The Morgan fingerprint density at radius 2 is 1.59 bits per heavy atom. The van der Waals surface area contributed by atoms with Crippen molar-refractivity contribution in [2.45, 2.75) is 36.8 Å². The molecule has 2 aliphatic heterocycles. The zero-order valence-electron chi connectivity index (χ0n) is 20.8. The highest BCUT2D eigenvalue weighted by atomic mass is 32.2. The molecule has 9 nitrogen and oxygen atoms in total. The largest absolute Gasteiger partial charge is 0.490 e. The van der Waals surface area contributed by atoms with Gasteiger partial charge in [-0.1, -0.05) is 0 Å². The second kappa shape index (κ2) is 12.6. The summed E-state index contributed by atoms with van der Waals surface area (Å²) in [4.78, 5) is 25.0. The third-order valence-corrected chi connectivity index (χ3v) is 7.81. The van der Waals surface area contributed by atoms with E-state index in [1.165, 1.54) is 37.1 Å². The van der Waals surface area contributed by atoms with Gasteiger partial charge in [0.1, 0.15) is 5.82 Å². The van der Waals surface area contributed by atoms with E-state index in [-0.39, 0.29) is 16.1 Å². The van der Waals surface area contributed by atoms with E-state index in [0.29, 0.717) is 11.6 Å². The van der Waals surface area contributed by atoms with Crippen molar-refractivity contribution in [2.75, 3.05) is 42.3 Å². The van der Waals surface area contributed by atoms with Crippen LogP contribution in [0.15, 0.2) is 47.4 Å². The molecule has 39 heavy (non-hydrogen) atoms. The first-order valence-corrected chi connectivity index (χ1v) is 13.7. The van der Waals surface area contributed by atoms with Crippen molar-refractivity contribution in [3.63, 3.8) is 0 Å². The minimum absolute atomic E-state index is 0.00353. The quantitative estimate of drug-likeness (QED) is 0.418. The molecule has 0 bridgehead atoms. The van der Waals surface area contributed by atoms with Crippen LogP contribution in [-0.2, 0) is 14.8 Å². The van der Waals surface area contributed by atoms with E-state index in [4.69, 9.17) is 9.90 Å². The normalized spacial score (nSPS) is 18.3. The van der Waals surface area contributed by atoms with Gasteiger partial charge in [0.05, 0.1) is 21.8 Å². The number of carbonyl (C=O) groups is 2. The van der Waals surface area contributed by atoms with Crippen LogP contribution >= 0.6 is 0 Å². The highest BCUT2D eigenvalue weighted by molar-refractivity contribution is 7.92. The van der Waals surface area contributed by atoms with Crippen molar-refractivity contribution in [1.29, 1.82) is 0 Å². The monoisotopic (exact) mass is 575 g/mol. The second-order valence-corrected chi connectivity index (χ2v) is 11.0. The third kappa shape index (κ3) is 8.55. The predicted molar refractivity (Wildman–Crippen MR) is 135 cm³/mol. The van der Waals surface area contributed by atoms with Crippen molar-refractivity contribution >= 4 is 33.3 Å². The number of piperidine rings is 1. The number of nitrogens with one attached hydrogen (secondary N) is 1. The maximum atomic E-state index is 13.2. The fourth-order valence-electron chi connectivity index (χ4n) is 4.61. The Hall–Kier alpha value is -3.39. The number of halogens is 4. The van der Waals surface area contributed by atoms with Gasteiger partial charge >= 0.3 is 18.1 Å². The Morgan fingerprint density at radius 1 is 0.974 bits per heavy atom. The highest BCUT2D eigenvalue weighted by Gasteiger charge is 2.38. The van der Waals surface area contributed by atoms with E-state index < -0.39 is 34.0 Å². The van der Waals surface area contributed by atoms with Crippen molar-refractivity contribution < 1.29 is 45.8 Å². The number of alkyl halides is 3. The molecule has 1 unspecified atom stereocenters. The fraction of sp³-hybridized carbons (Fsp3) is 0.440. The van der Waals surface area contributed by atoms with E-state index in [1.54, 1.807) is 6.07 Å². The summed E-state index contributed by atoms with van der Waals surface area (Å²) in [7, 11) is -4.01. The van der Waals surface area contributed by atoms with E-state index in [9.17, 15) is 35.9 Å². The molecule has 4 rings (SSSR count). The average Bonchev–Trinajstić information content (AvgIpc) is 3.37. The lowest BCUT2D eigenvalue weighted by Gasteiger charge is -2.37. The van der Waals surface area contributed by atoms with E-state index in [1.807, 2.05) is 0 Å².